The van der Waals surface area contributed by atoms with Crippen LogP contribution in [0.3, 0.4) is 0 Å². The van der Waals surface area contributed by atoms with Crippen molar-refractivity contribution in [1.82, 2.24) is 5.32 Å². The molecule has 1 amide bonds. The summed E-state index contributed by atoms with van der Waals surface area (Å²) in [6.45, 7) is 2.61. The number of amides is 1. The molecule has 12 atom stereocenters. The molecule has 2 rings (SSSR count). The van der Waals surface area contributed by atoms with Gasteiger partial charge in [-0.2, -0.15) is 0 Å². The van der Waals surface area contributed by atoms with Crippen LogP contribution in [-0.2, 0) is 23.7 Å². The van der Waals surface area contributed by atoms with E-state index in [4.69, 9.17) is 18.9 Å². The highest BCUT2D eigenvalue weighted by Gasteiger charge is 2.51. The zero-order chi connectivity index (χ0) is 46.8. The minimum absolute atomic E-state index is 0.259. The largest absolute Gasteiger partial charge is 0.394 e. The normalized spacial score (nSPS) is 27.8. The molecule has 9 N–H and O–H groups in total. The van der Waals surface area contributed by atoms with Gasteiger partial charge in [0.25, 0.3) is 0 Å². The molecule has 12 unspecified atom stereocenters. The van der Waals surface area contributed by atoms with E-state index in [1.54, 1.807) is 6.08 Å². The fourth-order valence-corrected chi connectivity index (χ4v) is 7.67. The molecule has 0 spiro atoms. The van der Waals surface area contributed by atoms with Crippen molar-refractivity contribution >= 4 is 5.91 Å². The van der Waals surface area contributed by atoms with E-state index in [0.29, 0.717) is 12.8 Å². The van der Waals surface area contributed by atoms with Crippen molar-refractivity contribution in [3.63, 3.8) is 0 Å². The number of rotatable bonds is 36. The Morgan fingerprint density at radius 3 is 1.72 bits per heavy atom. The lowest BCUT2D eigenvalue weighted by Gasteiger charge is -2.46. The Hall–Kier alpha value is -2.31. The van der Waals surface area contributed by atoms with Crippen molar-refractivity contribution in [3.05, 3.63) is 60.8 Å². The predicted octanol–water partition coefficient (Wildman–Crippen LogP) is 5.88. The number of carbonyl (C=O) groups excluding carboxylic acids is 1. The zero-order valence-electron chi connectivity index (χ0n) is 39.0. The monoisotopic (exact) mass is 910 g/mol. The summed E-state index contributed by atoms with van der Waals surface area (Å²) in [5.74, 6) is -0.264. The standard InChI is InChI=1S/C50H87NO13/c1-3-5-7-9-11-13-15-17-18-19-20-22-24-26-28-30-32-34-42(55)51-38(39(54)33-31-29-27-25-23-21-16-14-12-10-8-6-4-2)37-61-49-47(60)45(58)48(41(36-53)63-49)64-50-46(59)44(57)43(56)40(35-52)62-50/h5,7,11,13,17-18,23,25,31,33,38-41,43-50,52-54,56-60H,3-4,6,8-10,12,14-16,19-22,24,26-30,32,34-37H2,1-2H3,(H,51,55)/b7-5-,13-11-,18-17-,25-23+,33-31+. The van der Waals surface area contributed by atoms with E-state index in [1.807, 2.05) is 6.08 Å². The third-order valence-electron chi connectivity index (χ3n) is 11.7. The minimum Gasteiger partial charge on any atom is -0.394 e. The molecule has 0 saturated carbocycles. The van der Waals surface area contributed by atoms with Crippen molar-refractivity contribution in [2.45, 2.75) is 229 Å². The summed E-state index contributed by atoms with van der Waals surface area (Å²) in [6, 6.07) is -0.937. The molecule has 64 heavy (non-hydrogen) atoms. The van der Waals surface area contributed by atoms with Crippen molar-refractivity contribution in [3.8, 4) is 0 Å². The average molecular weight is 910 g/mol. The number of aliphatic hydroxyl groups is 8. The van der Waals surface area contributed by atoms with E-state index >= 15 is 0 Å². The van der Waals surface area contributed by atoms with Crippen molar-refractivity contribution in [2.75, 3.05) is 19.8 Å². The van der Waals surface area contributed by atoms with Crippen LogP contribution >= 0.6 is 0 Å². The molecule has 0 aromatic heterocycles. The number of ether oxygens (including phenoxy) is 4. The summed E-state index contributed by atoms with van der Waals surface area (Å²) in [6.07, 6.45) is 26.9. The summed E-state index contributed by atoms with van der Waals surface area (Å²) >= 11 is 0. The molecule has 0 bridgehead atoms. The Kier molecular flexibility index (Phi) is 33.2. The smallest absolute Gasteiger partial charge is 0.220 e. The quantitative estimate of drug-likeness (QED) is 0.0265. The topological polar surface area (TPSA) is 228 Å². The van der Waals surface area contributed by atoms with Crippen molar-refractivity contribution in [1.29, 1.82) is 0 Å². The molecule has 2 heterocycles. The number of allylic oxidation sites excluding steroid dienone is 9. The van der Waals surface area contributed by atoms with Crippen molar-refractivity contribution in [2.24, 2.45) is 0 Å². The van der Waals surface area contributed by atoms with Gasteiger partial charge in [-0.25, -0.2) is 0 Å². The first-order chi connectivity index (χ1) is 31.1. The Morgan fingerprint density at radius 1 is 0.578 bits per heavy atom. The van der Waals surface area contributed by atoms with Crippen LogP contribution in [0.15, 0.2) is 60.8 Å². The molecule has 0 aromatic carbocycles. The maximum Gasteiger partial charge on any atom is 0.220 e. The van der Waals surface area contributed by atoms with Crippen LogP contribution in [0.2, 0.25) is 0 Å². The zero-order valence-corrected chi connectivity index (χ0v) is 39.0. The number of nitrogens with one attached hydrogen (secondary N) is 1. The summed E-state index contributed by atoms with van der Waals surface area (Å²) < 4.78 is 22.6. The van der Waals surface area contributed by atoms with Crippen LogP contribution < -0.4 is 5.32 Å². The van der Waals surface area contributed by atoms with E-state index in [1.165, 1.54) is 51.4 Å². The van der Waals surface area contributed by atoms with Gasteiger partial charge in [-0.3, -0.25) is 4.79 Å². The van der Waals surface area contributed by atoms with Gasteiger partial charge in [0.1, 0.15) is 48.8 Å². The third-order valence-corrected chi connectivity index (χ3v) is 11.7. The van der Waals surface area contributed by atoms with Gasteiger partial charge in [-0.1, -0.05) is 145 Å². The number of aliphatic hydroxyl groups excluding tert-OH is 8. The lowest BCUT2D eigenvalue weighted by atomic mass is 9.97. The van der Waals surface area contributed by atoms with Crippen LogP contribution in [0.1, 0.15) is 155 Å². The minimum atomic E-state index is -1.79. The van der Waals surface area contributed by atoms with Gasteiger partial charge >= 0.3 is 0 Å². The third kappa shape index (κ3) is 23.9. The Balaban J connectivity index is 1.88. The Morgan fingerprint density at radius 2 is 1.09 bits per heavy atom. The van der Waals surface area contributed by atoms with Gasteiger partial charge in [0.05, 0.1) is 32.0 Å². The van der Waals surface area contributed by atoms with Crippen LogP contribution in [0, 0.1) is 0 Å². The maximum absolute atomic E-state index is 13.1. The molecule has 0 aliphatic carbocycles. The lowest BCUT2D eigenvalue weighted by Crippen LogP contribution is -2.65. The number of hydrogen-bond acceptors (Lipinski definition) is 13. The molecule has 2 aliphatic heterocycles. The first-order valence-corrected chi connectivity index (χ1v) is 24.5. The fourth-order valence-electron chi connectivity index (χ4n) is 7.67. The molecular weight excluding hydrogens is 823 g/mol. The van der Waals surface area contributed by atoms with Crippen molar-refractivity contribution < 1.29 is 64.6 Å². The predicted molar refractivity (Wildman–Crippen MR) is 249 cm³/mol. The molecule has 370 valence electrons. The summed E-state index contributed by atoms with van der Waals surface area (Å²) in [4.78, 5) is 13.1. The highest BCUT2D eigenvalue weighted by Crippen LogP contribution is 2.30. The van der Waals surface area contributed by atoms with E-state index in [-0.39, 0.29) is 18.9 Å². The average Bonchev–Trinajstić information content (AvgIpc) is 3.29. The van der Waals surface area contributed by atoms with E-state index in [9.17, 15) is 45.6 Å². The van der Waals surface area contributed by atoms with E-state index in [2.05, 4.69) is 67.8 Å². The van der Waals surface area contributed by atoms with Crippen LogP contribution in [-0.4, -0.2) is 140 Å². The molecular formula is C50H87NO13. The van der Waals surface area contributed by atoms with Gasteiger partial charge in [0.2, 0.25) is 5.91 Å². The molecule has 14 nitrogen and oxygen atoms in total. The molecule has 2 aliphatic rings. The number of carbonyl (C=O) groups is 1. The van der Waals surface area contributed by atoms with Gasteiger partial charge in [0, 0.05) is 6.42 Å². The number of hydrogen-bond donors (Lipinski definition) is 9. The first-order valence-electron chi connectivity index (χ1n) is 24.5. The summed E-state index contributed by atoms with van der Waals surface area (Å²) in [7, 11) is 0. The van der Waals surface area contributed by atoms with E-state index in [0.717, 1.165) is 70.6 Å². The fraction of sp³-hybridized carbons (Fsp3) is 0.780. The second kappa shape index (κ2) is 36.8. The SMILES string of the molecule is CC/C=C\C/C=C\C/C=C\CCCCCCCCCC(=O)NC(COC1OC(CO)C(OC2OC(CO)C(O)C(O)C2O)C(O)C1O)C(O)/C=C/CC/C=C/CCCCCCCCC. The first kappa shape index (κ1) is 57.8. The molecule has 2 saturated heterocycles. The van der Waals surface area contributed by atoms with Crippen LogP contribution in [0.4, 0.5) is 0 Å². The summed E-state index contributed by atoms with van der Waals surface area (Å²) in [5, 5.41) is 86.6. The summed E-state index contributed by atoms with van der Waals surface area (Å²) in [5.41, 5.74) is 0. The molecule has 2 fully saturated rings. The highest BCUT2D eigenvalue weighted by atomic mass is 16.7. The Bertz CT molecular complexity index is 1310. The van der Waals surface area contributed by atoms with Gasteiger partial charge < -0.3 is 65.1 Å². The second-order valence-electron chi connectivity index (χ2n) is 17.2. The lowest BCUT2D eigenvalue weighted by molar-refractivity contribution is -0.359. The Labute approximate surface area is 384 Å². The second-order valence-corrected chi connectivity index (χ2v) is 17.2. The highest BCUT2D eigenvalue weighted by molar-refractivity contribution is 5.76. The molecule has 0 aromatic rings. The van der Waals surface area contributed by atoms with E-state index < -0.39 is 86.8 Å². The van der Waals surface area contributed by atoms with Crippen LogP contribution in [0.25, 0.3) is 0 Å². The number of unbranched alkanes of at least 4 members (excludes halogenated alkanes) is 15. The van der Waals surface area contributed by atoms with Crippen LogP contribution in [0.5, 0.6) is 0 Å². The molecule has 14 heteroatoms. The van der Waals surface area contributed by atoms with Gasteiger partial charge in [-0.15, -0.1) is 0 Å². The molecule has 0 radical (unpaired) electrons. The van der Waals surface area contributed by atoms with Gasteiger partial charge in [0.15, 0.2) is 12.6 Å². The maximum atomic E-state index is 13.1. The van der Waals surface area contributed by atoms with Gasteiger partial charge in [-0.05, 0) is 64.2 Å².